The van der Waals surface area contributed by atoms with E-state index in [1.807, 2.05) is 24.3 Å². The number of benzene rings is 5. The third-order valence-electron chi connectivity index (χ3n) is 6.94. The van der Waals surface area contributed by atoms with Gasteiger partial charge in [-0.3, -0.25) is 0 Å². The Bertz CT molecular complexity index is 1850. The highest BCUT2D eigenvalue weighted by Gasteiger charge is 2.15. The molecule has 0 fully saturated rings. The number of fused-ring (bicyclic) bond motifs is 3. The minimum Gasteiger partial charge on any atom is -0.309 e. The lowest BCUT2D eigenvalue weighted by atomic mass is 10.0. The summed E-state index contributed by atoms with van der Waals surface area (Å²) in [5.74, 6) is 0.439. The lowest BCUT2D eigenvalue weighted by Crippen LogP contribution is -1.96. The van der Waals surface area contributed by atoms with E-state index in [2.05, 4.69) is 117 Å². The van der Waals surface area contributed by atoms with Gasteiger partial charge in [-0.15, -0.1) is 0 Å². The fourth-order valence-electron chi connectivity index (χ4n) is 5.14. The van der Waals surface area contributed by atoms with Gasteiger partial charge in [0.05, 0.1) is 11.0 Å². The zero-order valence-corrected chi connectivity index (χ0v) is 22.1. The van der Waals surface area contributed by atoms with E-state index in [4.69, 9.17) is 23.2 Å². The van der Waals surface area contributed by atoms with E-state index >= 15 is 0 Å². The molecule has 6 heteroatoms. The Hall–Kier alpha value is -4.51. The molecule has 0 atom stereocenters. The van der Waals surface area contributed by atoms with Crippen molar-refractivity contribution in [3.8, 4) is 39.3 Å². The Labute approximate surface area is 235 Å². The molecule has 2 aromatic heterocycles. The second kappa shape index (κ2) is 9.66. The van der Waals surface area contributed by atoms with Gasteiger partial charge in [-0.2, -0.15) is 15.0 Å². The van der Waals surface area contributed by atoms with Crippen molar-refractivity contribution < 1.29 is 0 Å². The van der Waals surface area contributed by atoms with Crippen LogP contribution in [-0.2, 0) is 0 Å². The van der Waals surface area contributed by atoms with Gasteiger partial charge in [0, 0.05) is 22.0 Å². The first kappa shape index (κ1) is 23.6. The van der Waals surface area contributed by atoms with E-state index in [1.165, 1.54) is 33.0 Å². The molecular weight excluding hydrogens is 523 g/mol. The monoisotopic (exact) mass is 542 g/mol. The minimum atomic E-state index is 0.0694. The van der Waals surface area contributed by atoms with Gasteiger partial charge in [-0.1, -0.05) is 72.8 Å². The van der Waals surface area contributed by atoms with E-state index in [1.54, 1.807) is 0 Å². The van der Waals surface area contributed by atoms with Crippen LogP contribution in [0.25, 0.3) is 61.1 Å². The fourth-order valence-corrected chi connectivity index (χ4v) is 5.50. The third-order valence-corrected chi connectivity index (χ3v) is 7.28. The summed E-state index contributed by atoms with van der Waals surface area (Å²) in [7, 11) is 0. The van der Waals surface area contributed by atoms with Crippen LogP contribution in [0.2, 0.25) is 10.6 Å². The maximum atomic E-state index is 6.01. The van der Waals surface area contributed by atoms with Crippen molar-refractivity contribution in [1.82, 2.24) is 19.5 Å². The SMILES string of the molecule is Clc1nc(Cl)nc(-c2ccc(-n3c4ccc(-c5ccccc5)cc4c4cc(-c5ccccc5)ccc43)cc2)n1. The highest BCUT2D eigenvalue weighted by Crippen LogP contribution is 2.37. The van der Waals surface area contributed by atoms with Gasteiger partial charge in [-0.25, -0.2) is 0 Å². The van der Waals surface area contributed by atoms with E-state index in [-0.39, 0.29) is 10.6 Å². The molecule has 0 radical (unpaired) electrons. The van der Waals surface area contributed by atoms with Crippen LogP contribution >= 0.6 is 23.2 Å². The van der Waals surface area contributed by atoms with Crippen molar-refractivity contribution in [1.29, 1.82) is 0 Å². The molecule has 0 spiro atoms. The van der Waals surface area contributed by atoms with E-state index in [0.717, 1.165) is 22.3 Å². The third kappa shape index (κ3) is 4.34. The van der Waals surface area contributed by atoms with Crippen molar-refractivity contribution in [2.75, 3.05) is 0 Å². The Morgan fingerprint density at radius 2 is 0.897 bits per heavy atom. The Morgan fingerprint density at radius 3 is 1.38 bits per heavy atom. The predicted molar refractivity (Wildman–Crippen MR) is 160 cm³/mol. The first-order valence-corrected chi connectivity index (χ1v) is 13.3. The number of halogens is 2. The molecule has 0 bridgehead atoms. The molecule has 7 rings (SSSR count). The number of aromatic nitrogens is 4. The van der Waals surface area contributed by atoms with Crippen molar-refractivity contribution in [3.05, 3.63) is 132 Å². The summed E-state index contributed by atoms with van der Waals surface area (Å²) in [6.07, 6.45) is 0. The molecule has 4 nitrogen and oxygen atoms in total. The predicted octanol–water partition coefficient (Wildman–Crippen LogP) is 9.28. The summed E-state index contributed by atoms with van der Waals surface area (Å²) in [6, 6.07) is 42.4. The summed E-state index contributed by atoms with van der Waals surface area (Å²) >= 11 is 12.0. The quantitative estimate of drug-likeness (QED) is 0.222. The van der Waals surface area contributed by atoms with Crippen molar-refractivity contribution in [2.24, 2.45) is 0 Å². The van der Waals surface area contributed by atoms with Gasteiger partial charge in [0.2, 0.25) is 10.6 Å². The molecule has 2 heterocycles. The molecule has 0 aliphatic rings. The maximum Gasteiger partial charge on any atom is 0.227 e. The average molecular weight is 543 g/mol. The zero-order valence-electron chi connectivity index (χ0n) is 20.6. The summed E-state index contributed by atoms with van der Waals surface area (Å²) in [5.41, 5.74) is 8.87. The number of hydrogen-bond acceptors (Lipinski definition) is 3. The van der Waals surface area contributed by atoms with Crippen LogP contribution in [0.1, 0.15) is 0 Å². The molecule has 0 aliphatic heterocycles. The van der Waals surface area contributed by atoms with Gasteiger partial charge >= 0.3 is 0 Å². The van der Waals surface area contributed by atoms with Gasteiger partial charge in [-0.05, 0) is 94.0 Å². The molecule has 0 saturated heterocycles. The maximum absolute atomic E-state index is 6.01. The van der Waals surface area contributed by atoms with Crippen molar-refractivity contribution in [3.63, 3.8) is 0 Å². The standard InChI is InChI=1S/C33H20Cl2N4/c34-32-36-31(37-33(35)38-32)23-11-15-26(16-12-23)39-29-17-13-24(21-7-3-1-4-8-21)19-27(29)28-20-25(14-18-30(28)39)22-9-5-2-6-10-22/h1-20H. The first-order chi connectivity index (χ1) is 19.1. The first-order valence-electron chi connectivity index (χ1n) is 12.5. The van der Waals surface area contributed by atoms with Gasteiger partial charge < -0.3 is 4.57 Å². The van der Waals surface area contributed by atoms with Crippen molar-refractivity contribution >= 4 is 45.0 Å². The Balaban J connectivity index is 1.43. The number of nitrogens with zero attached hydrogens (tertiary/aromatic N) is 4. The number of hydrogen-bond donors (Lipinski definition) is 0. The molecular formula is C33H20Cl2N4. The summed E-state index contributed by atoms with van der Waals surface area (Å²) < 4.78 is 2.30. The zero-order chi connectivity index (χ0) is 26.3. The Kier molecular flexibility index (Phi) is 5.85. The molecule has 7 aromatic rings. The molecule has 0 saturated carbocycles. The molecule has 0 amide bonds. The van der Waals surface area contributed by atoms with Crippen LogP contribution in [-0.4, -0.2) is 19.5 Å². The van der Waals surface area contributed by atoms with Crippen LogP contribution in [0, 0.1) is 0 Å². The van der Waals surface area contributed by atoms with Crippen LogP contribution in [0.15, 0.2) is 121 Å². The molecule has 0 unspecified atom stereocenters. The van der Waals surface area contributed by atoms with E-state index in [9.17, 15) is 0 Å². The Morgan fingerprint density at radius 1 is 0.436 bits per heavy atom. The fraction of sp³-hybridized carbons (Fsp3) is 0. The molecule has 0 N–H and O–H groups in total. The van der Waals surface area contributed by atoms with Crippen LogP contribution < -0.4 is 0 Å². The lowest BCUT2D eigenvalue weighted by Gasteiger charge is -2.10. The minimum absolute atomic E-state index is 0.0694. The highest BCUT2D eigenvalue weighted by atomic mass is 35.5. The normalized spacial score (nSPS) is 11.3. The second-order valence-electron chi connectivity index (χ2n) is 9.28. The lowest BCUT2D eigenvalue weighted by molar-refractivity contribution is 1.06. The largest absolute Gasteiger partial charge is 0.309 e. The van der Waals surface area contributed by atoms with Crippen molar-refractivity contribution in [2.45, 2.75) is 0 Å². The van der Waals surface area contributed by atoms with Crippen LogP contribution in [0.4, 0.5) is 0 Å². The van der Waals surface area contributed by atoms with Crippen LogP contribution in [0.5, 0.6) is 0 Å². The molecule has 186 valence electrons. The molecule has 39 heavy (non-hydrogen) atoms. The summed E-state index contributed by atoms with van der Waals surface area (Å²) in [5, 5.41) is 2.54. The molecule has 0 aliphatic carbocycles. The van der Waals surface area contributed by atoms with E-state index in [0.29, 0.717) is 5.82 Å². The average Bonchev–Trinajstić information content (AvgIpc) is 3.30. The highest BCUT2D eigenvalue weighted by molar-refractivity contribution is 6.31. The summed E-state index contributed by atoms with van der Waals surface area (Å²) in [4.78, 5) is 12.3. The second-order valence-corrected chi connectivity index (χ2v) is 9.95. The van der Waals surface area contributed by atoms with Gasteiger partial charge in [0.25, 0.3) is 0 Å². The van der Waals surface area contributed by atoms with E-state index < -0.39 is 0 Å². The topological polar surface area (TPSA) is 43.6 Å². The molecule has 5 aromatic carbocycles. The number of rotatable bonds is 4. The smallest absolute Gasteiger partial charge is 0.227 e. The summed E-state index contributed by atoms with van der Waals surface area (Å²) in [6.45, 7) is 0. The van der Waals surface area contributed by atoms with Crippen LogP contribution in [0.3, 0.4) is 0 Å². The van der Waals surface area contributed by atoms with Gasteiger partial charge in [0.15, 0.2) is 5.82 Å². The van der Waals surface area contributed by atoms with Gasteiger partial charge in [0.1, 0.15) is 0 Å².